The molecule has 1 aliphatic heterocycles. The Morgan fingerprint density at radius 3 is 2.45 bits per heavy atom. The predicted octanol–water partition coefficient (Wildman–Crippen LogP) is 6.87. The van der Waals surface area contributed by atoms with Crippen molar-refractivity contribution in [1.82, 2.24) is 4.90 Å². The third-order valence-electron chi connectivity index (χ3n) is 5.97. The minimum atomic E-state index is -0.446. The molecule has 3 amide bonds. The summed E-state index contributed by atoms with van der Waals surface area (Å²) in [5, 5.41) is 3.19. The fourth-order valence-corrected chi connectivity index (χ4v) is 5.09. The van der Waals surface area contributed by atoms with Crippen LogP contribution in [-0.4, -0.2) is 35.7 Å². The van der Waals surface area contributed by atoms with Crippen molar-refractivity contribution in [2.75, 3.05) is 19.0 Å². The van der Waals surface area contributed by atoms with E-state index < -0.39 is 11.1 Å². The zero-order chi connectivity index (χ0) is 27.4. The van der Waals surface area contributed by atoms with Crippen LogP contribution in [0.1, 0.15) is 22.3 Å². The molecule has 1 fully saturated rings. The summed E-state index contributed by atoms with van der Waals surface area (Å²) in [7, 11) is 1.48. The van der Waals surface area contributed by atoms with Crippen LogP contribution in [0.3, 0.4) is 0 Å². The van der Waals surface area contributed by atoms with Crippen LogP contribution in [0, 0.1) is 13.8 Å². The molecule has 0 bridgehead atoms. The van der Waals surface area contributed by atoms with Gasteiger partial charge in [-0.3, -0.25) is 19.3 Å². The molecule has 38 heavy (non-hydrogen) atoms. The van der Waals surface area contributed by atoms with Gasteiger partial charge in [0.2, 0.25) is 0 Å². The van der Waals surface area contributed by atoms with Gasteiger partial charge < -0.3 is 14.8 Å². The van der Waals surface area contributed by atoms with Gasteiger partial charge in [-0.15, -0.1) is 0 Å². The van der Waals surface area contributed by atoms with Crippen molar-refractivity contribution in [3.63, 3.8) is 0 Å². The number of halogens is 2. The monoisotopic (exact) mass is 570 g/mol. The number of carbonyl (C=O) groups excluding carboxylic acids is 3. The van der Waals surface area contributed by atoms with Crippen LogP contribution in [0.15, 0.2) is 59.5 Å². The first-order valence-electron chi connectivity index (χ1n) is 11.5. The number of imide groups is 1. The number of nitrogens with one attached hydrogen (secondary N) is 1. The van der Waals surface area contributed by atoms with Crippen LogP contribution in [-0.2, 0) is 16.1 Å². The standard InChI is InChI=1S/C28H24Cl2N2O5S/c1-16-6-4-9-22(17(16)2)31-26(33)15-37-23-11-10-18(12-24(23)36-3)13-25-27(34)32(28(35)38-25)14-19-20(29)7-5-8-21(19)30/h4-13H,14-15H2,1-3H3,(H,31,33)/b25-13-. The summed E-state index contributed by atoms with van der Waals surface area (Å²) in [6.07, 6.45) is 1.60. The van der Waals surface area contributed by atoms with Crippen molar-refractivity contribution in [2.24, 2.45) is 0 Å². The Labute approximate surface area is 234 Å². The maximum atomic E-state index is 13.0. The van der Waals surface area contributed by atoms with E-state index in [0.29, 0.717) is 32.7 Å². The first-order chi connectivity index (χ1) is 18.2. The van der Waals surface area contributed by atoms with Crippen molar-refractivity contribution < 1.29 is 23.9 Å². The maximum absolute atomic E-state index is 13.0. The van der Waals surface area contributed by atoms with E-state index in [4.69, 9.17) is 32.7 Å². The van der Waals surface area contributed by atoms with E-state index >= 15 is 0 Å². The van der Waals surface area contributed by atoms with Crippen LogP contribution >= 0.6 is 35.0 Å². The van der Waals surface area contributed by atoms with Gasteiger partial charge in [0.1, 0.15) is 0 Å². The average molecular weight is 571 g/mol. The van der Waals surface area contributed by atoms with Gasteiger partial charge in [-0.1, -0.05) is 47.5 Å². The zero-order valence-corrected chi connectivity index (χ0v) is 23.2. The van der Waals surface area contributed by atoms with Crippen LogP contribution in [0.25, 0.3) is 6.08 Å². The number of thioether (sulfide) groups is 1. The lowest BCUT2D eigenvalue weighted by molar-refractivity contribution is -0.123. The fraction of sp³-hybridized carbons (Fsp3) is 0.179. The molecule has 10 heteroatoms. The van der Waals surface area contributed by atoms with Crippen molar-refractivity contribution in [1.29, 1.82) is 0 Å². The van der Waals surface area contributed by atoms with E-state index in [9.17, 15) is 14.4 Å². The first kappa shape index (κ1) is 27.6. The summed E-state index contributed by atoms with van der Waals surface area (Å²) >= 11 is 13.3. The van der Waals surface area contributed by atoms with Gasteiger partial charge in [-0.2, -0.15) is 0 Å². The molecule has 1 aliphatic rings. The molecule has 1 N–H and O–H groups in total. The summed E-state index contributed by atoms with van der Waals surface area (Å²) in [5.41, 5.74) is 3.92. The predicted molar refractivity (Wildman–Crippen MR) is 151 cm³/mol. The highest BCUT2D eigenvalue weighted by Gasteiger charge is 2.35. The smallest absolute Gasteiger partial charge is 0.293 e. The molecule has 0 atom stereocenters. The summed E-state index contributed by atoms with van der Waals surface area (Å²) in [6.45, 7) is 3.67. The quantitative estimate of drug-likeness (QED) is 0.297. The Bertz CT molecular complexity index is 1440. The van der Waals surface area contributed by atoms with Crippen LogP contribution in [0.4, 0.5) is 10.5 Å². The number of anilines is 1. The Morgan fingerprint density at radius 1 is 1.03 bits per heavy atom. The second-order valence-corrected chi connectivity index (χ2v) is 10.3. The second kappa shape index (κ2) is 11.9. The lowest BCUT2D eigenvalue weighted by Crippen LogP contribution is -2.27. The van der Waals surface area contributed by atoms with Gasteiger partial charge in [-0.05, 0) is 78.7 Å². The van der Waals surface area contributed by atoms with E-state index in [0.717, 1.165) is 33.5 Å². The van der Waals surface area contributed by atoms with Gasteiger partial charge >= 0.3 is 0 Å². The SMILES string of the molecule is COc1cc(/C=C2\SC(=O)N(Cc3c(Cl)cccc3Cl)C2=O)ccc1OCC(=O)Nc1cccc(C)c1C. The normalized spacial score (nSPS) is 14.2. The van der Waals surface area contributed by atoms with Crippen molar-refractivity contribution in [3.05, 3.63) is 91.8 Å². The van der Waals surface area contributed by atoms with Crippen molar-refractivity contribution in [2.45, 2.75) is 20.4 Å². The molecule has 0 saturated carbocycles. The number of hydrogen-bond donors (Lipinski definition) is 1. The summed E-state index contributed by atoms with van der Waals surface area (Å²) in [6, 6.07) is 15.7. The number of carbonyl (C=O) groups is 3. The Kier molecular flexibility index (Phi) is 8.66. The Balaban J connectivity index is 1.44. The van der Waals surface area contributed by atoms with Crippen LogP contribution < -0.4 is 14.8 Å². The topological polar surface area (TPSA) is 84.9 Å². The van der Waals surface area contributed by atoms with Crippen molar-refractivity contribution >= 4 is 63.8 Å². The van der Waals surface area contributed by atoms with E-state index in [-0.39, 0.29) is 24.0 Å². The molecule has 0 unspecified atom stereocenters. The largest absolute Gasteiger partial charge is 0.493 e. The highest BCUT2D eigenvalue weighted by molar-refractivity contribution is 8.18. The van der Waals surface area contributed by atoms with E-state index in [1.165, 1.54) is 7.11 Å². The van der Waals surface area contributed by atoms with Gasteiger partial charge in [-0.25, -0.2) is 0 Å². The number of amides is 3. The molecule has 7 nitrogen and oxygen atoms in total. The number of ether oxygens (including phenoxy) is 2. The first-order valence-corrected chi connectivity index (χ1v) is 13.1. The summed E-state index contributed by atoms with van der Waals surface area (Å²) in [4.78, 5) is 39.3. The molecule has 0 aromatic heterocycles. The highest BCUT2D eigenvalue weighted by atomic mass is 35.5. The van der Waals surface area contributed by atoms with E-state index in [1.807, 2.05) is 32.0 Å². The number of rotatable bonds is 8. The number of hydrogen-bond acceptors (Lipinski definition) is 6. The van der Waals surface area contributed by atoms with E-state index in [2.05, 4.69) is 5.32 Å². The third kappa shape index (κ3) is 6.15. The number of benzene rings is 3. The maximum Gasteiger partial charge on any atom is 0.293 e. The van der Waals surface area contributed by atoms with Gasteiger partial charge in [0.05, 0.1) is 18.6 Å². The Morgan fingerprint density at radius 2 is 1.74 bits per heavy atom. The van der Waals surface area contributed by atoms with E-state index in [1.54, 1.807) is 42.5 Å². The zero-order valence-electron chi connectivity index (χ0n) is 20.8. The van der Waals surface area contributed by atoms with Gasteiger partial charge in [0.25, 0.3) is 17.1 Å². The molecule has 3 aromatic rings. The van der Waals surface area contributed by atoms with Gasteiger partial charge in [0.15, 0.2) is 18.1 Å². The minimum absolute atomic E-state index is 0.0270. The van der Waals surface area contributed by atoms with Crippen LogP contribution in [0.5, 0.6) is 11.5 Å². The fourth-order valence-electron chi connectivity index (χ4n) is 3.74. The number of nitrogens with zero attached hydrogens (tertiary/aromatic N) is 1. The molecular formula is C28H24Cl2N2O5S. The summed E-state index contributed by atoms with van der Waals surface area (Å²) in [5.74, 6) is -0.0156. The number of aryl methyl sites for hydroxylation is 1. The Hall–Kier alpha value is -3.46. The number of methoxy groups -OCH3 is 1. The van der Waals surface area contributed by atoms with Crippen LogP contribution in [0.2, 0.25) is 10.0 Å². The third-order valence-corrected chi connectivity index (χ3v) is 7.59. The lowest BCUT2D eigenvalue weighted by Gasteiger charge is -2.14. The van der Waals surface area contributed by atoms with Crippen molar-refractivity contribution in [3.8, 4) is 11.5 Å². The minimum Gasteiger partial charge on any atom is -0.493 e. The molecule has 1 saturated heterocycles. The molecule has 0 radical (unpaired) electrons. The lowest BCUT2D eigenvalue weighted by atomic mass is 10.1. The molecule has 196 valence electrons. The molecule has 3 aromatic carbocycles. The molecule has 4 rings (SSSR count). The molecular weight excluding hydrogens is 547 g/mol. The second-order valence-electron chi connectivity index (χ2n) is 8.46. The molecule has 0 aliphatic carbocycles. The molecule has 0 spiro atoms. The highest BCUT2D eigenvalue weighted by Crippen LogP contribution is 2.37. The summed E-state index contributed by atoms with van der Waals surface area (Å²) < 4.78 is 11.1. The van der Waals surface area contributed by atoms with Gasteiger partial charge in [0, 0.05) is 21.3 Å². The average Bonchev–Trinajstić information content (AvgIpc) is 3.15. The molecule has 1 heterocycles.